The van der Waals surface area contributed by atoms with Gasteiger partial charge in [-0.3, -0.25) is 9.59 Å². The number of benzene rings is 1. The topological polar surface area (TPSA) is 46.2 Å². The predicted octanol–water partition coefficient (Wildman–Crippen LogP) is 1.17. The Kier molecular flexibility index (Phi) is 6.15. The van der Waals surface area contributed by atoms with E-state index in [9.17, 15) is 4.79 Å². The Hall–Kier alpha value is -1.64. The molecule has 1 amide bonds. The summed E-state index contributed by atoms with van der Waals surface area (Å²) in [7, 11) is 1.56. The number of hydrogen-bond acceptors (Lipinski definition) is 2. The third-order valence-corrected chi connectivity index (χ3v) is 1.43. The molecule has 0 heterocycles. The molecule has 0 atom stereocenters. The standard InChI is InChI=1S/C8H8O.C2H5NO/c1-7-4-2-3-5-8(7)6-9;1-3-2-4/h2-6H,1H3;2H,1H3,(H,3,4). The number of aryl methyl sites for hydroxylation is 1. The van der Waals surface area contributed by atoms with Gasteiger partial charge < -0.3 is 5.32 Å². The average molecular weight is 179 g/mol. The minimum absolute atomic E-state index is 0.625. The summed E-state index contributed by atoms with van der Waals surface area (Å²) in [5.41, 5.74) is 1.81. The first kappa shape index (κ1) is 11.4. The van der Waals surface area contributed by atoms with Gasteiger partial charge in [0.1, 0.15) is 6.29 Å². The number of nitrogens with one attached hydrogen (secondary N) is 1. The highest BCUT2D eigenvalue weighted by atomic mass is 16.1. The summed E-state index contributed by atoms with van der Waals surface area (Å²) in [5.74, 6) is 0. The molecule has 0 aliphatic carbocycles. The molecule has 0 saturated carbocycles. The van der Waals surface area contributed by atoms with Crippen molar-refractivity contribution < 1.29 is 9.59 Å². The Labute approximate surface area is 77.8 Å². The van der Waals surface area contributed by atoms with Crippen molar-refractivity contribution in [2.45, 2.75) is 6.92 Å². The Morgan fingerprint density at radius 1 is 1.23 bits per heavy atom. The normalized spacial score (nSPS) is 7.85. The summed E-state index contributed by atoms with van der Waals surface area (Å²) < 4.78 is 0. The maximum Gasteiger partial charge on any atom is 0.206 e. The number of amides is 1. The van der Waals surface area contributed by atoms with Crippen LogP contribution in [0, 0.1) is 6.92 Å². The van der Waals surface area contributed by atoms with Gasteiger partial charge in [0.25, 0.3) is 0 Å². The van der Waals surface area contributed by atoms with Crippen LogP contribution < -0.4 is 5.32 Å². The van der Waals surface area contributed by atoms with Gasteiger partial charge in [-0.05, 0) is 12.5 Å². The molecular formula is C10H13NO2. The van der Waals surface area contributed by atoms with E-state index in [4.69, 9.17) is 4.79 Å². The molecule has 0 unspecified atom stereocenters. The second-order valence-corrected chi connectivity index (χ2v) is 2.38. The predicted molar refractivity (Wildman–Crippen MR) is 51.7 cm³/mol. The second kappa shape index (κ2) is 7.03. The molecule has 0 aliphatic rings. The monoisotopic (exact) mass is 179 g/mol. The Balaban J connectivity index is 0.000000310. The Morgan fingerprint density at radius 3 is 2.08 bits per heavy atom. The van der Waals surface area contributed by atoms with Crippen LogP contribution in [0.15, 0.2) is 24.3 Å². The van der Waals surface area contributed by atoms with Gasteiger partial charge in [0, 0.05) is 12.6 Å². The van der Waals surface area contributed by atoms with Crippen LogP contribution in [-0.2, 0) is 4.79 Å². The van der Waals surface area contributed by atoms with Gasteiger partial charge in [0.15, 0.2) is 0 Å². The smallest absolute Gasteiger partial charge is 0.206 e. The molecule has 1 aromatic carbocycles. The number of carbonyl (C=O) groups is 2. The lowest BCUT2D eigenvalue weighted by Gasteiger charge is -1.92. The highest BCUT2D eigenvalue weighted by Crippen LogP contribution is 2.02. The number of rotatable bonds is 2. The first-order valence-corrected chi connectivity index (χ1v) is 3.88. The van der Waals surface area contributed by atoms with E-state index in [0.717, 1.165) is 17.4 Å². The van der Waals surface area contributed by atoms with Crippen LogP contribution in [0.25, 0.3) is 0 Å². The molecule has 0 saturated heterocycles. The molecule has 0 aliphatic heterocycles. The maximum absolute atomic E-state index is 10.2. The molecule has 0 radical (unpaired) electrons. The summed E-state index contributed by atoms with van der Waals surface area (Å²) in [4.78, 5) is 19.3. The van der Waals surface area contributed by atoms with Crippen molar-refractivity contribution in [3.8, 4) is 0 Å². The molecule has 0 aromatic heterocycles. The van der Waals surface area contributed by atoms with Crippen molar-refractivity contribution in [2.75, 3.05) is 7.05 Å². The van der Waals surface area contributed by atoms with Gasteiger partial charge in [0.2, 0.25) is 6.41 Å². The summed E-state index contributed by atoms with van der Waals surface area (Å²) in [6.45, 7) is 1.92. The van der Waals surface area contributed by atoms with Crippen LogP contribution >= 0.6 is 0 Å². The van der Waals surface area contributed by atoms with Crippen LogP contribution in [-0.4, -0.2) is 19.7 Å². The fraction of sp³-hybridized carbons (Fsp3) is 0.200. The van der Waals surface area contributed by atoms with Gasteiger partial charge in [-0.1, -0.05) is 24.3 Å². The zero-order chi connectivity index (χ0) is 10.1. The van der Waals surface area contributed by atoms with Gasteiger partial charge >= 0.3 is 0 Å². The van der Waals surface area contributed by atoms with Gasteiger partial charge in [-0.15, -0.1) is 0 Å². The molecule has 0 spiro atoms. The molecule has 1 aromatic rings. The Bertz CT molecular complexity index is 271. The van der Waals surface area contributed by atoms with Crippen LogP contribution in [0.2, 0.25) is 0 Å². The molecule has 0 bridgehead atoms. The third kappa shape index (κ3) is 4.74. The van der Waals surface area contributed by atoms with Crippen molar-refractivity contribution in [1.29, 1.82) is 0 Å². The minimum atomic E-state index is 0.625. The first-order chi connectivity index (χ1) is 6.26. The fourth-order valence-electron chi connectivity index (χ4n) is 0.719. The maximum atomic E-state index is 10.2. The van der Waals surface area contributed by atoms with E-state index in [-0.39, 0.29) is 0 Å². The van der Waals surface area contributed by atoms with E-state index in [1.807, 2.05) is 31.2 Å². The van der Waals surface area contributed by atoms with Crippen molar-refractivity contribution in [1.82, 2.24) is 5.32 Å². The molecule has 13 heavy (non-hydrogen) atoms. The van der Waals surface area contributed by atoms with E-state index in [2.05, 4.69) is 5.32 Å². The number of carbonyl (C=O) groups excluding carboxylic acids is 2. The minimum Gasteiger partial charge on any atom is -0.362 e. The zero-order valence-corrected chi connectivity index (χ0v) is 7.78. The van der Waals surface area contributed by atoms with Gasteiger partial charge in [0.05, 0.1) is 0 Å². The lowest BCUT2D eigenvalue weighted by atomic mass is 10.1. The number of hydrogen-bond donors (Lipinski definition) is 1. The second-order valence-electron chi connectivity index (χ2n) is 2.38. The summed E-state index contributed by atoms with van der Waals surface area (Å²) in [6.07, 6.45) is 1.50. The Morgan fingerprint density at radius 2 is 1.77 bits per heavy atom. The molecule has 3 nitrogen and oxygen atoms in total. The molecule has 0 fully saturated rings. The van der Waals surface area contributed by atoms with Crippen LogP contribution in [0.1, 0.15) is 15.9 Å². The van der Waals surface area contributed by atoms with Crippen molar-refractivity contribution in [3.05, 3.63) is 35.4 Å². The lowest BCUT2D eigenvalue weighted by Crippen LogP contribution is -1.98. The molecular weight excluding hydrogens is 166 g/mol. The van der Waals surface area contributed by atoms with E-state index >= 15 is 0 Å². The largest absolute Gasteiger partial charge is 0.362 e. The van der Waals surface area contributed by atoms with Crippen molar-refractivity contribution in [3.63, 3.8) is 0 Å². The molecule has 1 rings (SSSR count). The van der Waals surface area contributed by atoms with E-state index in [0.29, 0.717) is 6.41 Å². The van der Waals surface area contributed by atoms with E-state index in [1.54, 1.807) is 7.05 Å². The quantitative estimate of drug-likeness (QED) is 0.693. The van der Waals surface area contributed by atoms with Crippen molar-refractivity contribution in [2.24, 2.45) is 0 Å². The lowest BCUT2D eigenvalue weighted by molar-refractivity contribution is -0.109. The van der Waals surface area contributed by atoms with Crippen molar-refractivity contribution >= 4 is 12.7 Å². The van der Waals surface area contributed by atoms with Gasteiger partial charge in [-0.25, -0.2) is 0 Å². The highest BCUT2D eigenvalue weighted by Gasteiger charge is 1.90. The fourth-order valence-corrected chi connectivity index (χ4v) is 0.719. The zero-order valence-electron chi connectivity index (χ0n) is 7.78. The van der Waals surface area contributed by atoms with Crippen LogP contribution in [0.4, 0.5) is 0 Å². The molecule has 3 heteroatoms. The summed E-state index contributed by atoms with van der Waals surface area (Å²) in [6, 6.07) is 7.51. The van der Waals surface area contributed by atoms with Gasteiger partial charge in [-0.2, -0.15) is 0 Å². The first-order valence-electron chi connectivity index (χ1n) is 3.88. The van der Waals surface area contributed by atoms with E-state index < -0.39 is 0 Å². The van der Waals surface area contributed by atoms with E-state index in [1.165, 1.54) is 0 Å². The molecule has 70 valence electrons. The summed E-state index contributed by atoms with van der Waals surface area (Å²) in [5, 5.41) is 2.25. The molecule has 1 N–H and O–H groups in total. The SMILES string of the molecule is CNC=O.Cc1ccccc1C=O. The summed E-state index contributed by atoms with van der Waals surface area (Å²) >= 11 is 0. The number of aldehydes is 1. The highest BCUT2D eigenvalue weighted by molar-refractivity contribution is 5.76. The van der Waals surface area contributed by atoms with Crippen LogP contribution in [0.3, 0.4) is 0 Å². The average Bonchev–Trinajstić information content (AvgIpc) is 2.19. The van der Waals surface area contributed by atoms with Crippen LogP contribution in [0.5, 0.6) is 0 Å². The third-order valence-electron chi connectivity index (χ3n) is 1.43.